The van der Waals surface area contributed by atoms with Gasteiger partial charge in [0.2, 0.25) is 0 Å². The van der Waals surface area contributed by atoms with Crippen molar-refractivity contribution in [3.8, 4) is 0 Å². The number of rotatable bonds is 1. The molecule has 0 unspecified atom stereocenters. The number of pyridine rings is 1. The lowest BCUT2D eigenvalue weighted by atomic mass is 10.1. The number of nitrogens with one attached hydrogen (secondary N) is 1. The average Bonchev–Trinajstić information content (AvgIpc) is 2.23. The van der Waals surface area contributed by atoms with Gasteiger partial charge in [-0.05, 0) is 22.0 Å². The van der Waals surface area contributed by atoms with Gasteiger partial charge in [-0.2, -0.15) is 0 Å². The third-order valence-corrected chi connectivity index (χ3v) is 2.94. The lowest BCUT2D eigenvalue weighted by molar-refractivity contribution is 0.0995. The van der Waals surface area contributed by atoms with E-state index in [2.05, 4.69) is 20.9 Å². The molecule has 0 saturated heterocycles. The number of hydrogen-bond acceptors (Lipinski definition) is 2. The summed E-state index contributed by atoms with van der Waals surface area (Å²) in [5.74, 6) is -0.662. The summed E-state index contributed by atoms with van der Waals surface area (Å²) in [5, 5.41) is 1.20. The first-order valence-corrected chi connectivity index (χ1v) is 5.01. The zero-order valence-electron chi connectivity index (χ0n) is 7.58. The van der Waals surface area contributed by atoms with Crippen LogP contribution in [0.5, 0.6) is 0 Å². The van der Waals surface area contributed by atoms with Gasteiger partial charge < -0.3 is 10.7 Å². The fraction of sp³-hybridized carbons (Fsp3) is 0. The third kappa shape index (κ3) is 1.55. The molecule has 0 fully saturated rings. The molecule has 0 saturated carbocycles. The number of hydrogen-bond donors (Lipinski definition) is 2. The first-order chi connectivity index (χ1) is 7.11. The summed E-state index contributed by atoms with van der Waals surface area (Å²) in [6.07, 6.45) is 0. The number of halogens is 1. The lowest BCUT2D eigenvalue weighted by Crippen LogP contribution is -2.19. The minimum absolute atomic E-state index is 0.0960. The average molecular weight is 267 g/mol. The van der Waals surface area contributed by atoms with E-state index in [4.69, 9.17) is 5.73 Å². The number of fused-ring (bicyclic) bond motifs is 1. The summed E-state index contributed by atoms with van der Waals surface area (Å²) in [5.41, 5.74) is 4.91. The number of amides is 1. The molecule has 0 spiro atoms. The first kappa shape index (κ1) is 9.92. The molecule has 1 amide bonds. The molecule has 3 N–H and O–H groups in total. The maximum atomic E-state index is 11.6. The first-order valence-electron chi connectivity index (χ1n) is 4.21. The zero-order valence-corrected chi connectivity index (χ0v) is 9.17. The lowest BCUT2D eigenvalue weighted by Gasteiger charge is -2.03. The van der Waals surface area contributed by atoms with Gasteiger partial charge in [-0.3, -0.25) is 9.59 Å². The Hall–Kier alpha value is -1.62. The van der Waals surface area contributed by atoms with E-state index in [0.717, 1.165) is 0 Å². The molecule has 0 atom stereocenters. The topological polar surface area (TPSA) is 76.0 Å². The maximum Gasteiger partial charge on any atom is 0.266 e. The van der Waals surface area contributed by atoms with Crippen LogP contribution in [0.1, 0.15) is 10.5 Å². The minimum atomic E-state index is -0.662. The standard InChI is InChI=1S/C10H7BrN2O2/c11-7-5-3-1-2-4-6(5)10(15)13-8(7)9(12)14/h1-4H,(H2,12,14)(H,13,15). The molecule has 0 radical (unpaired) electrons. The zero-order chi connectivity index (χ0) is 11.0. The molecule has 1 aromatic heterocycles. The van der Waals surface area contributed by atoms with E-state index in [1.807, 2.05) is 0 Å². The van der Waals surface area contributed by atoms with E-state index in [1.54, 1.807) is 24.3 Å². The van der Waals surface area contributed by atoms with Crippen LogP contribution in [0.3, 0.4) is 0 Å². The van der Waals surface area contributed by atoms with E-state index >= 15 is 0 Å². The normalized spacial score (nSPS) is 10.5. The second kappa shape index (κ2) is 3.51. The molecule has 15 heavy (non-hydrogen) atoms. The quantitative estimate of drug-likeness (QED) is 0.819. The van der Waals surface area contributed by atoms with Gasteiger partial charge in [0.15, 0.2) is 0 Å². The van der Waals surface area contributed by atoms with Crippen LogP contribution in [-0.2, 0) is 0 Å². The van der Waals surface area contributed by atoms with Crippen molar-refractivity contribution in [2.45, 2.75) is 0 Å². The van der Waals surface area contributed by atoms with Gasteiger partial charge in [0.1, 0.15) is 5.69 Å². The summed E-state index contributed by atoms with van der Waals surface area (Å²) < 4.78 is 0.519. The Morgan fingerprint density at radius 3 is 2.47 bits per heavy atom. The van der Waals surface area contributed by atoms with Crippen molar-refractivity contribution in [1.29, 1.82) is 0 Å². The Bertz CT molecular complexity index is 604. The Labute approximate surface area is 93.2 Å². The number of carbonyl (C=O) groups is 1. The Morgan fingerprint density at radius 1 is 1.27 bits per heavy atom. The molecule has 0 aliphatic rings. The second-order valence-electron chi connectivity index (χ2n) is 3.05. The van der Waals surface area contributed by atoms with Crippen molar-refractivity contribution in [3.63, 3.8) is 0 Å². The molecule has 76 valence electrons. The van der Waals surface area contributed by atoms with Crippen LogP contribution in [0, 0.1) is 0 Å². The number of carbonyl (C=O) groups excluding carboxylic acids is 1. The second-order valence-corrected chi connectivity index (χ2v) is 3.85. The summed E-state index contributed by atoms with van der Waals surface area (Å²) >= 11 is 3.25. The molecule has 2 rings (SSSR count). The molecule has 0 aliphatic heterocycles. The van der Waals surface area contributed by atoms with Crippen molar-refractivity contribution in [3.05, 3.63) is 44.8 Å². The SMILES string of the molecule is NC(=O)c1[nH]c(=O)c2ccccc2c1Br. The molecule has 0 aliphatic carbocycles. The van der Waals surface area contributed by atoms with Crippen molar-refractivity contribution in [1.82, 2.24) is 4.98 Å². The molecule has 4 nitrogen and oxygen atoms in total. The molecular weight excluding hydrogens is 260 g/mol. The van der Waals surface area contributed by atoms with E-state index in [0.29, 0.717) is 15.2 Å². The molecule has 0 bridgehead atoms. The summed E-state index contributed by atoms with van der Waals surface area (Å²) in [6.45, 7) is 0. The Kier molecular flexibility index (Phi) is 2.32. The summed E-state index contributed by atoms with van der Waals surface area (Å²) in [7, 11) is 0. The van der Waals surface area contributed by atoms with Crippen molar-refractivity contribution >= 4 is 32.6 Å². The van der Waals surface area contributed by atoms with Crippen LogP contribution in [0.15, 0.2) is 33.5 Å². The number of aromatic nitrogens is 1. The number of H-pyrrole nitrogens is 1. The van der Waals surface area contributed by atoms with Gasteiger partial charge >= 0.3 is 0 Å². The van der Waals surface area contributed by atoms with Crippen LogP contribution < -0.4 is 11.3 Å². The van der Waals surface area contributed by atoms with E-state index in [9.17, 15) is 9.59 Å². The van der Waals surface area contributed by atoms with Crippen LogP contribution in [-0.4, -0.2) is 10.9 Å². The number of nitrogens with two attached hydrogens (primary N) is 1. The van der Waals surface area contributed by atoms with Crippen LogP contribution in [0.2, 0.25) is 0 Å². The Balaban J connectivity index is 2.97. The highest BCUT2D eigenvalue weighted by atomic mass is 79.9. The predicted molar refractivity (Wildman–Crippen MR) is 60.8 cm³/mol. The summed E-state index contributed by atoms with van der Waals surface area (Å²) in [4.78, 5) is 25.1. The van der Waals surface area contributed by atoms with Gasteiger partial charge in [-0.1, -0.05) is 18.2 Å². The molecular formula is C10H7BrN2O2. The number of aromatic amines is 1. The number of primary amides is 1. The van der Waals surface area contributed by atoms with Gasteiger partial charge in [-0.25, -0.2) is 0 Å². The van der Waals surface area contributed by atoms with E-state index in [-0.39, 0.29) is 11.3 Å². The highest BCUT2D eigenvalue weighted by Crippen LogP contribution is 2.23. The fourth-order valence-electron chi connectivity index (χ4n) is 1.41. The van der Waals surface area contributed by atoms with Gasteiger partial charge in [0.05, 0.1) is 4.47 Å². The van der Waals surface area contributed by atoms with Crippen LogP contribution in [0.4, 0.5) is 0 Å². The van der Waals surface area contributed by atoms with Gasteiger partial charge in [-0.15, -0.1) is 0 Å². The van der Waals surface area contributed by atoms with Gasteiger partial charge in [0.25, 0.3) is 11.5 Å². The van der Waals surface area contributed by atoms with Crippen LogP contribution in [0.25, 0.3) is 10.8 Å². The third-order valence-electron chi connectivity index (χ3n) is 2.11. The van der Waals surface area contributed by atoms with Crippen molar-refractivity contribution < 1.29 is 4.79 Å². The molecule has 1 heterocycles. The number of benzene rings is 1. The maximum absolute atomic E-state index is 11.6. The predicted octanol–water partition coefficient (Wildman–Crippen LogP) is 1.39. The van der Waals surface area contributed by atoms with Crippen molar-refractivity contribution in [2.75, 3.05) is 0 Å². The molecule has 1 aromatic carbocycles. The van der Waals surface area contributed by atoms with Gasteiger partial charge in [0, 0.05) is 10.8 Å². The smallest absolute Gasteiger partial charge is 0.266 e. The fourth-order valence-corrected chi connectivity index (χ4v) is 2.05. The molecule has 2 aromatic rings. The monoisotopic (exact) mass is 266 g/mol. The highest BCUT2D eigenvalue weighted by Gasteiger charge is 2.12. The van der Waals surface area contributed by atoms with E-state index in [1.165, 1.54) is 0 Å². The Morgan fingerprint density at radius 2 is 1.87 bits per heavy atom. The largest absolute Gasteiger partial charge is 0.364 e. The highest BCUT2D eigenvalue weighted by molar-refractivity contribution is 9.10. The van der Waals surface area contributed by atoms with Crippen molar-refractivity contribution in [2.24, 2.45) is 5.73 Å². The molecule has 5 heteroatoms. The minimum Gasteiger partial charge on any atom is -0.364 e. The van der Waals surface area contributed by atoms with E-state index < -0.39 is 5.91 Å². The van der Waals surface area contributed by atoms with Crippen LogP contribution >= 0.6 is 15.9 Å². The summed E-state index contributed by atoms with van der Waals surface area (Å²) in [6, 6.07) is 6.98.